The molecule has 4 N–H and O–H groups in total. The fourth-order valence-corrected chi connectivity index (χ4v) is 1.33. The molecular formula is C13H26O6. The first-order chi connectivity index (χ1) is 9.04. The molecule has 6 heteroatoms. The number of hydrogen-bond donors (Lipinski definition) is 4. The molecule has 0 bridgehead atoms. The minimum Gasteiger partial charge on any atom is -0.481 e. The molecule has 0 aliphatic rings. The summed E-state index contributed by atoms with van der Waals surface area (Å²) < 4.78 is 0. The Morgan fingerprint density at radius 2 is 0.895 bits per heavy atom. The SMILES string of the molecule is O=C(O)CCCCCCCCC(=O)O.OCCCO. The molecule has 0 saturated heterocycles. The third-order valence-electron chi connectivity index (χ3n) is 2.35. The van der Waals surface area contributed by atoms with Crippen molar-refractivity contribution < 1.29 is 30.0 Å². The average Bonchev–Trinajstić information content (AvgIpc) is 2.33. The Morgan fingerprint density at radius 3 is 1.11 bits per heavy atom. The molecule has 0 aromatic rings. The van der Waals surface area contributed by atoms with Gasteiger partial charge in [0.1, 0.15) is 0 Å². The maximum Gasteiger partial charge on any atom is 0.303 e. The summed E-state index contributed by atoms with van der Waals surface area (Å²) in [6.45, 7) is 0.188. The van der Waals surface area contributed by atoms with Gasteiger partial charge in [-0.3, -0.25) is 9.59 Å². The Balaban J connectivity index is 0. The normalized spacial score (nSPS) is 9.58. The fraction of sp³-hybridized carbons (Fsp3) is 0.846. The Morgan fingerprint density at radius 1 is 0.579 bits per heavy atom. The summed E-state index contributed by atoms with van der Waals surface area (Å²) in [5.41, 5.74) is 0. The molecule has 0 radical (unpaired) electrons. The minimum atomic E-state index is -0.740. The molecule has 0 aliphatic heterocycles. The van der Waals surface area contributed by atoms with Gasteiger partial charge in [0.05, 0.1) is 0 Å². The third-order valence-corrected chi connectivity index (χ3v) is 2.35. The van der Waals surface area contributed by atoms with Gasteiger partial charge in [-0.05, 0) is 19.3 Å². The average molecular weight is 278 g/mol. The van der Waals surface area contributed by atoms with Crippen molar-refractivity contribution in [2.24, 2.45) is 0 Å². The topological polar surface area (TPSA) is 115 Å². The van der Waals surface area contributed by atoms with Gasteiger partial charge in [0.25, 0.3) is 0 Å². The van der Waals surface area contributed by atoms with Gasteiger partial charge in [0.2, 0.25) is 0 Å². The summed E-state index contributed by atoms with van der Waals surface area (Å²) >= 11 is 0. The maximum atomic E-state index is 10.1. The van der Waals surface area contributed by atoms with Crippen LogP contribution in [-0.2, 0) is 9.59 Å². The van der Waals surface area contributed by atoms with Crippen molar-refractivity contribution in [3.63, 3.8) is 0 Å². The van der Waals surface area contributed by atoms with Crippen LogP contribution in [0.15, 0.2) is 0 Å². The molecule has 0 saturated carbocycles. The largest absolute Gasteiger partial charge is 0.481 e. The highest BCUT2D eigenvalue weighted by Crippen LogP contribution is 2.08. The first-order valence-corrected chi connectivity index (χ1v) is 6.70. The van der Waals surface area contributed by atoms with Crippen LogP contribution in [0.1, 0.15) is 57.8 Å². The standard InChI is InChI=1S/C10H18O4.C3H8O2/c11-9(12)7-5-3-1-2-4-6-8-10(13)14;4-2-1-3-5/h1-8H2,(H,11,12)(H,13,14);4-5H,1-3H2. The Kier molecular flexibility index (Phi) is 17.9. The lowest BCUT2D eigenvalue weighted by atomic mass is 10.1. The number of aliphatic hydroxyl groups is 2. The van der Waals surface area contributed by atoms with E-state index >= 15 is 0 Å². The summed E-state index contributed by atoms with van der Waals surface area (Å²) in [6, 6.07) is 0. The number of rotatable bonds is 11. The van der Waals surface area contributed by atoms with E-state index in [0.29, 0.717) is 6.42 Å². The molecule has 0 heterocycles. The van der Waals surface area contributed by atoms with E-state index < -0.39 is 11.9 Å². The Labute approximate surface area is 114 Å². The van der Waals surface area contributed by atoms with Gasteiger partial charge in [-0.1, -0.05) is 25.7 Å². The molecule has 0 fully saturated rings. The quantitative estimate of drug-likeness (QED) is 0.427. The molecular weight excluding hydrogens is 252 g/mol. The number of carboxylic acids is 2. The van der Waals surface area contributed by atoms with Gasteiger partial charge >= 0.3 is 11.9 Å². The van der Waals surface area contributed by atoms with Crippen molar-refractivity contribution in [2.45, 2.75) is 57.8 Å². The molecule has 0 aromatic carbocycles. The molecule has 0 spiro atoms. The summed E-state index contributed by atoms with van der Waals surface area (Å²) in [5, 5.41) is 32.5. The van der Waals surface area contributed by atoms with Crippen LogP contribution in [0.5, 0.6) is 0 Å². The summed E-state index contributed by atoms with van der Waals surface area (Å²) in [7, 11) is 0. The van der Waals surface area contributed by atoms with Gasteiger partial charge < -0.3 is 20.4 Å². The molecule has 0 aromatic heterocycles. The highest BCUT2D eigenvalue weighted by atomic mass is 16.4. The van der Waals surface area contributed by atoms with E-state index in [2.05, 4.69) is 0 Å². The van der Waals surface area contributed by atoms with Crippen molar-refractivity contribution in [3.8, 4) is 0 Å². The smallest absolute Gasteiger partial charge is 0.303 e. The maximum absolute atomic E-state index is 10.1. The summed E-state index contributed by atoms with van der Waals surface area (Å²) in [4.78, 5) is 20.3. The molecule has 0 aliphatic carbocycles. The van der Waals surface area contributed by atoms with Gasteiger partial charge in [-0.15, -0.1) is 0 Å². The van der Waals surface area contributed by atoms with Crippen molar-refractivity contribution >= 4 is 11.9 Å². The van der Waals surface area contributed by atoms with Crippen molar-refractivity contribution in [1.82, 2.24) is 0 Å². The zero-order valence-corrected chi connectivity index (χ0v) is 11.4. The van der Waals surface area contributed by atoms with E-state index in [-0.39, 0.29) is 26.1 Å². The van der Waals surface area contributed by atoms with E-state index in [1.807, 2.05) is 0 Å². The van der Waals surface area contributed by atoms with Crippen molar-refractivity contribution in [1.29, 1.82) is 0 Å². The van der Waals surface area contributed by atoms with Crippen LogP contribution in [0.4, 0.5) is 0 Å². The van der Waals surface area contributed by atoms with Crippen molar-refractivity contribution in [3.05, 3.63) is 0 Å². The monoisotopic (exact) mass is 278 g/mol. The lowest BCUT2D eigenvalue weighted by Crippen LogP contribution is -1.94. The van der Waals surface area contributed by atoms with E-state index in [4.69, 9.17) is 20.4 Å². The Hall–Kier alpha value is -1.14. The van der Waals surface area contributed by atoms with E-state index in [0.717, 1.165) is 38.5 Å². The second kappa shape index (κ2) is 16.9. The zero-order chi connectivity index (χ0) is 14.9. The number of unbranched alkanes of at least 4 members (excludes halogenated alkanes) is 5. The van der Waals surface area contributed by atoms with Gasteiger partial charge in [-0.2, -0.15) is 0 Å². The molecule has 0 atom stereocenters. The van der Waals surface area contributed by atoms with Crippen LogP contribution in [0.2, 0.25) is 0 Å². The number of carboxylic acid groups (broad SMARTS) is 2. The predicted molar refractivity (Wildman–Crippen MR) is 71.0 cm³/mol. The summed E-state index contributed by atoms with van der Waals surface area (Å²) in [6.07, 6.45) is 6.32. The van der Waals surface area contributed by atoms with Gasteiger partial charge in [0, 0.05) is 26.1 Å². The lowest BCUT2D eigenvalue weighted by Gasteiger charge is -1.98. The Bertz CT molecular complexity index is 195. The fourth-order valence-electron chi connectivity index (χ4n) is 1.33. The second-order valence-electron chi connectivity index (χ2n) is 4.21. The van der Waals surface area contributed by atoms with Gasteiger partial charge in [0.15, 0.2) is 0 Å². The third kappa shape index (κ3) is 26.5. The highest BCUT2D eigenvalue weighted by Gasteiger charge is 1.98. The summed E-state index contributed by atoms with van der Waals surface area (Å²) in [5.74, 6) is -1.48. The van der Waals surface area contributed by atoms with E-state index in [1.165, 1.54) is 0 Å². The van der Waals surface area contributed by atoms with Crippen LogP contribution in [0.25, 0.3) is 0 Å². The zero-order valence-electron chi connectivity index (χ0n) is 11.4. The van der Waals surface area contributed by atoms with E-state index in [9.17, 15) is 9.59 Å². The minimum absolute atomic E-state index is 0.0938. The number of hydrogen-bond acceptors (Lipinski definition) is 4. The van der Waals surface area contributed by atoms with Crippen LogP contribution < -0.4 is 0 Å². The van der Waals surface area contributed by atoms with Crippen LogP contribution >= 0.6 is 0 Å². The first-order valence-electron chi connectivity index (χ1n) is 6.70. The lowest BCUT2D eigenvalue weighted by molar-refractivity contribution is -0.138. The van der Waals surface area contributed by atoms with E-state index in [1.54, 1.807) is 0 Å². The predicted octanol–water partition coefficient (Wildman–Crippen LogP) is 1.64. The molecule has 0 rings (SSSR count). The molecule has 6 nitrogen and oxygen atoms in total. The molecule has 19 heavy (non-hydrogen) atoms. The van der Waals surface area contributed by atoms with Gasteiger partial charge in [-0.25, -0.2) is 0 Å². The first kappa shape index (κ1) is 20.2. The number of aliphatic carboxylic acids is 2. The molecule has 0 amide bonds. The highest BCUT2D eigenvalue weighted by molar-refractivity contribution is 5.66. The number of aliphatic hydroxyl groups excluding tert-OH is 2. The number of carbonyl (C=O) groups is 2. The molecule has 114 valence electrons. The molecule has 0 unspecified atom stereocenters. The van der Waals surface area contributed by atoms with Crippen LogP contribution in [0.3, 0.4) is 0 Å². The van der Waals surface area contributed by atoms with Crippen molar-refractivity contribution in [2.75, 3.05) is 13.2 Å². The second-order valence-corrected chi connectivity index (χ2v) is 4.21. The van der Waals surface area contributed by atoms with Crippen LogP contribution in [0, 0.1) is 0 Å². The van der Waals surface area contributed by atoms with Crippen LogP contribution in [-0.4, -0.2) is 45.6 Å².